The summed E-state index contributed by atoms with van der Waals surface area (Å²) in [7, 11) is 0. The van der Waals surface area contributed by atoms with E-state index in [1.54, 1.807) is 0 Å². The molecule has 0 unspecified atom stereocenters. The van der Waals surface area contributed by atoms with Crippen molar-refractivity contribution in [2.75, 3.05) is 0 Å². The number of aromatic nitrogens is 5. The van der Waals surface area contributed by atoms with E-state index in [0.29, 0.717) is 17.5 Å². The largest absolute Gasteiger partial charge is 0.455 e. The van der Waals surface area contributed by atoms with Crippen molar-refractivity contribution >= 4 is 65.4 Å². The fourth-order valence-corrected chi connectivity index (χ4v) is 9.39. The van der Waals surface area contributed by atoms with E-state index < -0.39 is 0 Å². The van der Waals surface area contributed by atoms with Gasteiger partial charge in [-0.15, -0.1) is 0 Å². The van der Waals surface area contributed by atoms with E-state index in [-0.39, 0.29) is 0 Å². The van der Waals surface area contributed by atoms with Crippen LogP contribution in [0.15, 0.2) is 217 Å². The van der Waals surface area contributed by atoms with Crippen LogP contribution in [0.2, 0.25) is 0 Å². The second-order valence-electron chi connectivity index (χ2n) is 16.2. The Morgan fingerprint density at radius 2 is 0.938 bits per heavy atom. The molecule has 0 aliphatic rings. The van der Waals surface area contributed by atoms with Gasteiger partial charge in [-0.25, -0.2) is 19.9 Å². The number of furan rings is 1. The first kappa shape index (κ1) is 36.0. The summed E-state index contributed by atoms with van der Waals surface area (Å²) < 4.78 is 8.80. The van der Waals surface area contributed by atoms with Crippen LogP contribution in [0.25, 0.3) is 128 Å². The highest BCUT2D eigenvalue weighted by Gasteiger charge is 2.20. The van der Waals surface area contributed by atoms with Crippen LogP contribution in [0.3, 0.4) is 0 Å². The molecule has 0 spiro atoms. The van der Waals surface area contributed by atoms with Gasteiger partial charge in [0.15, 0.2) is 17.5 Å². The minimum atomic E-state index is 0.557. The lowest BCUT2D eigenvalue weighted by molar-refractivity contribution is 0.669. The number of hydrogen-bond acceptors (Lipinski definition) is 5. The average molecular weight is 818 g/mol. The Labute approximate surface area is 367 Å². The van der Waals surface area contributed by atoms with Gasteiger partial charge in [-0.2, -0.15) is 0 Å². The average Bonchev–Trinajstić information content (AvgIpc) is 3.91. The zero-order valence-electron chi connectivity index (χ0n) is 34.4. The molecule has 0 amide bonds. The van der Waals surface area contributed by atoms with Crippen LogP contribution in [0, 0.1) is 0 Å². The van der Waals surface area contributed by atoms with Crippen LogP contribution in [-0.2, 0) is 0 Å². The van der Waals surface area contributed by atoms with Gasteiger partial charge in [0.25, 0.3) is 0 Å². The third-order valence-electron chi connectivity index (χ3n) is 12.4. The van der Waals surface area contributed by atoms with Gasteiger partial charge in [0, 0.05) is 54.7 Å². The molecule has 0 aliphatic carbocycles. The summed E-state index contributed by atoms with van der Waals surface area (Å²) in [6, 6.07) is 74.0. The fraction of sp³-hybridized carbons (Fsp3) is 0. The molecule has 0 bridgehead atoms. The zero-order chi connectivity index (χ0) is 42.1. The Morgan fingerprint density at radius 3 is 1.72 bits per heavy atom. The molecule has 9 aromatic carbocycles. The summed E-state index contributed by atoms with van der Waals surface area (Å²) in [5.41, 5.74) is 12.8. The molecular formula is C58H35N5O. The molecule has 4 aromatic heterocycles. The molecule has 298 valence electrons. The summed E-state index contributed by atoms with van der Waals surface area (Å²) in [4.78, 5) is 20.6. The van der Waals surface area contributed by atoms with E-state index in [4.69, 9.17) is 24.4 Å². The summed E-state index contributed by atoms with van der Waals surface area (Å²) in [6.07, 6.45) is 0. The van der Waals surface area contributed by atoms with Gasteiger partial charge in [0.1, 0.15) is 11.2 Å². The van der Waals surface area contributed by atoms with E-state index in [2.05, 4.69) is 156 Å². The monoisotopic (exact) mass is 817 g/mol. The van der Waals surface area contributed by atoms with Crippen molar-refractivity contribution in [1.82, 2.24) is 24.5 Å². The molecule has 13 rings (SSSR count). The number of nitrogens with zero attached hydrogens (tertiary/aromatic N) is 5. The maximum Gasteiger partial charge on any atom is 0.167 e. The molecule has 0 fully saturated rings. The van der Waals surface area contributed by atoms with Gasteiger partial charge in [-0.05, 0) is 65.0 Å². The predicted molar refractivity (Wildman–Crippen MR) is 261 cm³/mol. The van der Waals surface area contributed by atoms with Crippen molar-refractivity contribution < 1.29 is 4.42 Å². The number of fused-ring (bicyclic) bond motifs is 9. The molecule has 0 saturated heterocycles. The lowest BCUT2D eigenvalue weighted by atomic mass is 9.96. The van der Waals surface area contributed by atoms with Crippen molar-refractivity contribution in [3.05, 3.63) is 212 Å². The quantitative estimate of drug-likeness (QED) is 0.156. The van der Waals surface area contributed by atoms with Crippen molar-refractivity contribution in [3.8, 4) is 62.2 Å². The summed E-state index contributed by atoms with van der Waals surface area (Å²) in [5.74, 6) is 1.74. The molecule has 0 atom stereocenters. The Hall–Kier alpha value is -8.74. The normalized spacial score (nSPS) is 11.8. The summed E-state index contributed by atoms with van der Waals surface area (Å²) in [5, 5.41) is 7.92. The standard InChI is InChI=1S/C58H35N5O/c1-4-15-37(16-5-1)54-49-35-52-48(43-21-10-12-25-51(43)63(52)41-19-8-3-9-20-41)34-47(49)42-32-31-40(33-50(42)59-54)36-27-29-39(30-28-36)57-60-56(38-17-6-2-7-18-38)61-58(62-57)46-24-14-23-45-44-22-11-13-26-53(44)64-55(45)46/h1-35H. The molecule has 6 nitrogen and oxygen atoms in total. The number of benzene rings is 9. The maximum atomic E-state index is 6.43. The molecule has 6 heteroatoms. The van der Waals surface area contributed by atoms with Gasteiger partial charge in [-0.3, -0.25) is 0 Å². The number of pyridine rings is 1. The SMILES string of the molecule is c1ccc(-c2nc(-c3ccc(-c4ccc5c(c4)nc(-c4ccccc4)c4cc6c(cc45)c4ccccc4n6-c4ccccc4)cc3)nc(-c3cccc4c3oc3ccccc34)n2)cc1. The zero-order valence-corrected chi connectivity index (χ0v) is 34.4. The third-order valence-corrected chi connectivity index (χ3v) is 12.4. The molecule has 0 radical (unpaired) electrons. The van der Waals surface area contributed by atoms with Crippen LogP contribution in [-0.4, -0.2) is 24.5 Å². The van der Waals surface area contributed by atoms with Crippen molar-refractivity contribution in [1.29, 1.82) is 0 Å². The van der Waals surface area contributed by atoms with Gasteiger partial charge in [-0.1, -0.05) is 164 Å². The van der Waals surface area contributed by atoms with E-state index in [0.717, 1.165) is 88.5 Å². The van der Waals surface area contributed by atoms with E-state index in [1.807, 2.05) is 60.7 Å². The Bertz CT molecular complexity index is 3930. The molecule has 13 aromatic rings. The smallest absolute Gasteiger partial charge is 0.167 e. The highest BCUT2D eigenvalue weighted by molar-refractivity contribution is 6.20. The second kappa shape index (κ2) is 14.4. The minimum absolute atomic E-state index is 0.557. The lowest BCUT2D eigenvalue weighted by Gasteiger charge is -2.13. The summed E-state index contributed by atoms with van der Waals surface area (Å²) >= 11 is 0. The van der Waals surface area contributed by atoms with Crippen LogP contribution in [0.5, 0.6) is 0 Å². The predicted octanol–water partition coefficient (Wildman–Crippen LogP) is 14.9. The second-order valence-corrected chi connectivity index (χ2v) is 16.2. The Kier molecular flexibility index (Phi) is 8.11. The Morgan fingerprint density at radius 1 is 0.328 bits per heavy atom. The number of rotatable bonds is 6. The van der Waals surface area contributed by atoms with E-state index in [1.165, 1.54) is 21.7 Å². The van der Waals surface area contributed by atoms with Gasteiger partial charge in [0.05, 0.1) is 27.8 Å². The highest BCUT2D eigenvalue weighted by atomic mass is 16.3. The van der Waals surface area contributed by atoms with E-state index >= 15 is 0 Å². The first-order valence-electron chi connectivity index (χ1n) is 21.5. The molecule has 0 N–H and O–H groups in total. The van der Waals surface area contributed by atoms with Crippen LogP contribution in [0.1, 0.15) is 0 Å². The maximum absolute atomic E-state index is 6.43. The molecular weight excluding hydrogens is 783 g/mol. The van der Waals surface area contributed by atoms with Crippen molar-refractivity contribution in [3.63, 3.8) is 0 Å². The van der Waals surface area contributed by atoms with Crippen molar-refractivity contribution in [2.24, 2.45) is 0 Å². The fourth-order valence-electron chi connectivity index (χ4n) is 9.39. The van der Waals surface area contributed by atoms with Gasteiger partial charge < -0.3 is 8.98 Å². The van der Waals surface area contributed by atoms with Crippen LogP contribution >= 0.6 is 0 Å². The molecule has 64 heavy (non-hydrogen) atoms. The van der Waals surface area contributed by atoms with Crippen molar-refractivity contribution in [2.45, 2.75) is 0 Å². The minimum Gasteiger partial charge on any atom is -0.455 e. The molecule has 0 aliphatic heterocycles. The van der Waals surface area contributed by atoms with Crippen LogP contribution < -0.4 is 0 Å². The molecule has 4 heterocycles. The number of hydrogen-bond donors (Lipinski definition) is 0. The van der Waals surface area contributed by atoms with Gasteiger partial charge >= 0.3 is 0 Å². The Balaban J connectivity index is 0.946. The number of para-hydroxylation sites is 4. The lowest BCUT2D eigenvalue weighted by Crippen LogP contribution is -2.00. The third kappa shape index (κ3) is 5.81. The summed E-state index contributed by atoms with van der Waals surface area (Å²) in [6.45, 7) is 0. The van der Waals surface area contributed by atoms with E-state index in [9.17, 15) is 0 Å². The first-order chi connectivity index (χ1) is 31.7. The van der Waals surface area contributed by atoms with Gasteiger partial charge in [0.2, 0.25) is 0 Å². The highest BCUT2D eigenvalue weighted by Crippen LogP contribution is 2.41. The first-order valence-corrected chi connectivity index (χ1v) is 21.5. The van der Waals surface area contributed by atoms with Crippen LogP contribution in [0.4, 0.5) is 0 Å². The topological polar surface area (TPSA) is 69.6 Å². The molecule has 0 saturated carbocycles.